The topological polar surface area (TPSA) is 65.1 Å². The van der Waals surface area contributed by atoms with Crippen LogP contribution >= 0.6 is 15.9 Å². The number of carbonyl (C=O) groups is 1. The lowest BCUT2D eigenvalue weighted by Gasteiger charge is -2.21. The van der Waals surface area contributed by atoms with Gasteiger partial charge in [-0.15, -0.1) is 0 Å². The minimum atomic E-state index is -0.396. The summed E-state index contributed by atoms with van der Waals surface area (Å²) in [6.45, 7) is 2.06. The molecule has 1 aliphatic carbocycles. The Kier molecular flexibility index (Phi) is 4.44. The van der Waals surface area contributed by atoms with Gasteiger partial charge >= 0.3 is 0 Å². The molecule has 2 aromatic carbocycles. The van der Waals surface area contributed by atoms with Crippen LogP contribution in [0, 0.1) is 16.0 Å². The third-order valence-electron chi connectivity index (χ3n) is 4.92. The van der Waals surface area contributed by atoms with Gasteiger partial charge in [0.15, 0.2) is 5.78 Å². The Labute approximate surface area is 164 Å². The van der Waals surface area contributed by atoms with E-state index in [1.165, 1.54) is 6.07 Å². The molecule has 1 atom stereocenters. The zero-order valence-corrected chi connectivity index (χ0v) is 16.3. The van der Waals surface area contributed by atoms with Gasteiger partial charge in [-0.1, -0.05) is 41.1 Å². The molecule has 136 valence electrons. The molecule has 5 nitrogen and oxygen atoms in total. The van der Waals surface area contributed by atoms with Gasteiger partial charge in [0.25, 0.3) is 5.69 Å². The number of ketones is 1. The molecule has 6 heteroatoms. The van der Waals surface area contributed by atoms with Crippen LogP contribution in [0.25, 0.3) is 16.9 Å². The minimum absolute atomic E-state index is 0.0342. The van der Waals surface area contributed by atoms with E-state index in [1.54, 1.807) is 12.1 Å². The van der Waals surface area contributed by atoms with E-state index in [-0.39, 0.29) is 17.4 Å². The number of hydrogen-bond donors (Lipinski definition) is 0. The number of halogens is 1. The highest BCUT2D eigenvalue weighted by molar-refractivity contribution is 9.10. The van der Waals surface area contributed by atoms with Crippen molar-refractivity contribution in [2.75, 3.05) is 0 Å². The number of non-ortho nitro benzene ring substituents is 1. The minimum Gasteiger partial charge on any atom is -0.313 e. The maximum absolute atomic E-state index is 12.6. The number of nitro benzene ring substituents is 1. The first-order chi connectivity index (χ1) is 12.9. The van der Waals surface area contributed by atoms with Crippen molar-refractivity contribution in [3.63, 3.8) is 0 Å². The summed E-state index contributed by atoms with van der Waals surface area (Å²) in [5, 5.41) is 11.2. The molecule has 0 aliphatic heterocycles. The molecule has 27 heavy (non-hydrogen) atoms. The van der Waals surface area contributed by atoms with Crippen LogP contribution in [-0.4, -0.2) is 15.3 Å². The van der Waals surface area contributed by atoms with E-state index >= 15 is 0 Å². The molecule has 0 amide bonds. The SMILES string of the molecule is C[C@H]1CC(=O)c2cc(-c3ccc(Br)cc3)n(-c3cccc([N+](=O)[O-])c3)c2C1. The first kappa shape index (κ1) is 17.7. The highest BCUT2D eigenvalue weighted by Gasteiger charge is 2.29. The van der Waals surface area contributed by atoms with E-state index in [0.717, 1.165) is 33.4 Å². The zero-order valence-electron chi connectivity index (χ0n) is 14.7. The number of nitro groups is 1. The third-order valence-corrected chi connectivity index (χ3v) is 5.45. The number of rotatable bonds is 3. The lowest BCUT2D eigenvalue weighted by atomic mass is 9.88. The molecule has 1 aromatic heterocycles. The smallest absolute Gasteiger partial charge is 0.271 e. The van der Waals surface area contributed by atoms with Crippen LogP contribution < -0.4 is 0 Å². The first-order valence-electron chi connectivity index (χ1n) is 8.72. The number of carbonyl (C=O) groups excluding carboxylic acids is 1. The van der Waals surface area contributed by atoms with Gasteiger partial charge in [0.2, 0.25) is 0 Å². The number of nitrogens with zero attached hydrogens (tertiary/aromatic N) is 2. The van der Waals surface area contributed by atoms with Crippen molar-refractivity contribution in [2.45, 2.75) is 19.8 Å². The van der Waals surface area contributed by atoms with Gasteiger partial charge in [-0.05, 0) is 42.2 Å². The van der Waals surface area contributed by atoms with E-state index in [2.05, 4.69) is 22.9 Å². The number of fused-ring (bicyclic) bond motifs is 1. The highest BCUT2D eigenvalue weighted by atomic mass is 79.9. The van der Waals surface area contributed by atoms with Crippen molar-refractivity contribution < 1.29 is 9.72 Å². The molecule has 0 spiro atoms. The zero-order chi connectivity index (χ0) is 19.1. The Morgan fingerprint density at radius 2 is 1.85 bits per heavy atom. The molecular weight excluding hydrogens is 408 g/mol. The maximum Gasteiger partial charge on any atom is 0.271 e. The average Bonchev–Trinajstić information content (AvgIpc) is 3.02. The van der Waals surface area contributed by atoms with Gasteiger partial charge < -0.3 is 4.57 Å². The van der Waals surface area contributed by atoms with Gasteiger partial charge in [-0.3, -0.25) is 14.9 Å². The fourth-order valence-corrected chi connectivity index (χ4v) is 3.96. The number of aromatic nitrogens is 1. The number of hydrogen-bond acceptors (Lipinski definition) is 3. The fraction of sp³-hybridized carbons (Fsp3) is 0.190. The molecule has 0 N–H and O–H groups in total. The summed E-state index contributed by atoms with van der Waals surface area (Å²) in [5.41, 5.74) is 4.21. The van der Waals surface area contributed by atoms with Crippen molar-refractivity contribution >= 4 is 27.4 Å². The van der Waals surface area contributed by atoms with Crippen LogP contribution in [0.3, 0.4) is 0 Å². The van der Waals surface area contributed by atoms with E-state index < -0.39 is 4.92 Å². The van der Waals surface area contributed by atoms with E-state index in [4.69, 9.17) is 0 Å². The molecule has 1 heterocycles. The van der Waals surface area contributed by atoms with Gasteiger partial charge in [-0.2, -0.15) is 0 Å². The van der Waals surface area contributed by atoms with Crippen molar-refractivity contribution in [3.8, 4) is 16.9 Å². The van der Waals surface area contributed by atoms with E-state index in [9.17, 15) is 14.9 Å². The summed E-state index contributed by atoms with van der Waals surface area (Å²) in [6, 6.07) is 16.3. The van der Waals surface area contributed by atoms with Crippen LogP contribution in [0.1, 0.15) is 29.4 Å². The average molecular weight is 425 g/mol. The summed E-state index contributed by atoms with van der Waals surface area (Å²) >= 11 is 3.45. The molecule has 0 bridgehead atoms. The maximum atomic E-state index is 12.6. The Morgan fingerprint density at radius 1 is 1.11 bits per heavy atom. The van der Waals surface area contributed by atoms with Crippen molar-refractivity contribution in [1.29, 1.82) is 0 Å². The summed E-state index contributed by atoms with van der Waals surface area (Å²) in [6.07, 6.45) is 1.30. The second-order valence-electron chi connectivity index (χ2n) is 6.95. The molecule has 0 unspecified atom stereocenters. The van der Waals surface area contributed by atoms with Gasteiger partial charge in [-0.25, -0.2) is 0 Å². The molecule has 0 fully saturated rings. The molecule has 1 aliphatic rings. The van der Waals surface area contributed by atoms with Crippen LogP contribution in [0.15, 0.2) is 59.1 Å². The lowest BCUT2D eigenvalue weighted by molar-refractivity contribution is -0.384. The second kappa shape index (κ2) is 6.78. The predicted molar refractivity (Wildman–Crippen MR) is 107 cm³/mol. The quantitative estimate of drug-likeness (QED) is 0.407. The Morgan fingerprint density at radius 3 is 2.56 bits per heavy atom. The van der Waals surface area contributed by atoms with Crippen molar-refractivity contribution in [3.05, 3.63) is 80.4 Å². The Hall–Kier alpha value is -2.73. The monoisotopic (exact) mass is 424 g/mol. The molecule has 3 aromatic rings. The molecular formula is C21H17BrN2O3. The molecule has 4 rings (SSSR count). The van der Waals surface area contributed by atoms with E-state index in [1.807, 2.05) is 41.0 Å². The Bertz CT molecular complexity index is 1050. The fourth-order valence-electron chi connectivity index (χ4n) is 3.70. The van der Waals surface area contributed by atoms with Crippen molar-refractivity contribution in [2.24, 2.45) is 5.92 Å². The van der Waals surface area contributed by atoms with E-state index in [0.29, 0.717) is 12.1 Å². The number of Topliss-reactive ketones (excluding diaryl/α,β-unsaturated/α-hetero) is 1. The largest absolute Gasteiger partial charge is 0.313 e. The molecule has 0 saturated heterocycles. The highest BCUT2D eigenvalue weighted by Crippen LogP contribution is 2.36. The summed E-state index contributed by atoms with van der Waals surface area (Å²) in [5.74, 6) is 0.376. The molecule has 0 radical (unpaired) electrons. The van der Waals surface area contributed by atoms with Gasteiger partial charge in [0.1, 0.15) is 0 Å². The number of benzene rings is 2. The summed E-state index contributed by atoms with van der Waals surface area (Å²) < 4.78 is 2.97. The van der Waals surface area contributed by atoms with Crippen LogP contribution in [-0.2, 0) is 6.42 Å². The van der Waals surface area contributed by atoms with Crippen LogP contribution in [0.4, 0.5) is 5.69 Å². The van der Waals surface area contributed by atoms with Gasteiger partial charge in [0.05, 0.1) is 16.3 Å². The normalized spacial score (nSPS) is 16.2. The summed E-state index contributed by atoms with van der Waals surface area (Å²) in [7, 11) is 0. The standard InChI is InChI=1S/C21H17BrN2O3/c1-13-9-20-18(21(25)10-13)12-19(14-5-7-15(22)8-6-14)23(20)16-3-2-4-17(11-16)24(26)27/h2-8,11-13H,9-10H2,1H3/t13-/m1/s1. The Balaban J connectivity index is 1.98. The summed E-state index contributed by atoms with van der Waals surface area (Å²) in [4.78, 5) is 23.5. The van der Waals surface area contributed by atoms with Crippen molar-refractivity contribution in [1.82, 2.24) is 4.57 Å². The van der Waals surface area contributed by atoms with Crippen LogP contribution in [0.2, 0.25) is 0 Å². The third kappa shape index (κ3) is 3.21. The predicted octanol–water partition coefficient (Wildman–Crippen LogP) is 5.58. The molecule has 0 saturated carbocycles. The second-order valence-corrected chi connectivity index (χ2v) is 7.86. The first-order valence-corrected chi connectivity index (χ1v) is 9.52. The van der Waals surface area contributed by atoms with Crippen LogP contribution in [0.5, 0.6) is 0 Å². The van der Waals surface area contributed by atoms with Gasteiger partial charge in [0, 0.05) is 34.3 Å². The lowest BCUT2D eigenvalue weighted by Crippen LogP contribution is -2.19.